The molecule has 0 aliphatic carbocycles. The molecule has 98 valence electrons. The van der Waals surface area contributed by atoms with Gasteiger partial charge in [0, 0.05) is 4.90 Å². The second kappa shape index (κ2) is 6.61. The molecule has 0 radical (unpaired) electrons. The normalized spacial score (nSPS) is 11.9. The third kappa shape index (κ3) is 3.50. The summed E-state index contributed by atoms with van der Waals surface area (Å²) in [6.07, 6.45) is 0. The molecule has 0 aliphatic heterocycles. The molecule has 5 heteroatoms. The number of rotatable bonds is 4. The van der Waals surface area contributed by atoms with Crippen LogP contribution in [0.15, 0.2) is 59.5 Å². The standard InChI is InChI=1S/C14H12ClNO2S/c15-11-8-4-5-9-12(11)19-13(14(17)16-18)10-6-2-1-3-7-10/h1-9,13,18H,(H,16,17). The van der Waals surface area contributed by atoms with E-state index in [1.54, 1.807) is 11.5 Å². The van der Waals surface area contributed by atoms with E-state index in [1.165, 1.54) is 11.8 Å². The average Bonchev–Trinajstić information content (AvgIpc) is 2.46. The van der Waals surface area contributed by atoms with Crippen LogP contribution in [-0.4, -0.2) is 11.1 Å². The summed E-state index contributed by atoms with van der Waals surface area (Å²) in [5.74, 6) is -0.476. The van der Waals surface area contributed by atoms with Crippen LogP contribution in [-0.2, 0) is 4.79 Å². The monoisotopic (exact) mass is 293 g/mol. The molecule has 2 N–H and O–H groups in total. The lowest BCUT2D eigenvalue weighted by atomic mass is 10.1. The third-order valence-corrected chi connectivity index (χ3v) is 4.31. The predicted molar refractivity (Wildman–Crippen MR) is 76.4 cm³/mol. The minimum atomic E-state index is -0.550. The molecule has 1 amide bonds. The van der Waals surface area contributed by atoms with E-state index in [0.29, 0.717) is 5.02 Å². The lowest BCUT2D eigenvalue weighted by molar-refractivity contribution is -0.128. The van der Waals surface area contributed by atoms with Gasteiger partial charge in [0.1, 0.15) is 5.25 Å². The molecular weight excluding hydrogens is 282 g/mol. The molecule has 0 aromatic heterocycles. The lowest BCUT2D eigenvalue weighted by Crippen LogP contribution is -2.24. The summed E-state index contributed by atoms with van der Waals surface area (Å²) in [6.45, 7) is 0. The van der Waals surface area contributed by atoms with Crippen LogP contribution in [0.3, 0.4) is 0 Å². The third-order valence-electron chi connectivity index (χ3n) is 2.53. The van der Waals surface area contributed by atoms with Crippen molar-refractivity contribution in [1.29, 1.82) is 0 Å². The van der Waals surface area contributed by atoms with E-state index in [0.717, 1.165) is 10.5 Å². The Hall–Kier alpha value is -1.49. The van der Waals surface area contributed by atoms with Gasteiger partial charge in [0.2, 0.25) is 0 Å². The maximum atomic E-state index is 11.8. The van der Waals surface area contributed by atoms with Gasteiger partial charge in [-0.25, -0.2) is 5.48 Å². The highest BCUT2D eigenvalue weighted by atomic mass is 35.5. The van der Waals surface area contributed by atoms with E-state index >= 15 is 0 Å². The van der Waals surface area contributed by atoms with Gasteiger partial charge in [-0.15, -0.1) is 11.8 Å². The predicted octanol–water partition coefficient (Wildman–Crippen LogP) is 3.68. The molecule has 0 saturated heterocycles. The van der Waals surface area contributed by atoms with Gasteiger partial charge in [0.25, 0.3) is 5.91 Å². The highest BCUT2D eigenvalue weighted by molar-refractivity contribution is 8.00. The Labute approximate surface area is 120 Å². The fraction of sp³-hybridized carbons (Fsp3) is 0.0714. The van der Waals surface area contributed by atoms with Crippen molar-refractivity contribution < 1.29 is 10.0 Å². The highest BCUT2D eigenvalue weighted by Crippen LogP contribution is 2.38. The first-order chi connectivity index (χ1) is 9.22. The summed E-state index contributed by atoms with van der Waals surface area (Å²) >= 11 is 7.39. The van der Waals surface area contributed by atoms with Crippen molar-refractivity contribution in [2.45, 2.75) is 10.1 Å². The van der Waals surface area contributed by atoms with Crippen molar-refractivity contribution in [3.8, 4) is 0 Å². The molecule has 1 unspecified atom stereocenters. The number of carbonyl (C=O) groups excluding carboxylic acids is 1. The first kappa shape index (κ1) is 13.9. The van der Waals surface area contributed by atoms with E-state index in [-0.39, 0.29) is 0 Å². The molecule has 1 atom stereocenters. The number of carbonyl (C=O) groups is 1. The van der Waals surface area contributed by atoms with Crippen LogP contribution in [0.25, 0.3) is 0 Å². The van der Waals surface area contributed by atoms with Gasteiger partial charge >= 0.3 is 0 Å². The van der Waals surface area contributed by atoms with Crippen molar-refractivity contribution in [1.82, 2.24) is 5.48 Å². The summed E-state index contributed by atoms with van der Waals surface area (Å²) in [6, 6.07) is 16.5. The summed E-state index contributed by atoms with van der Waals surface area (Å²) in [7, 11) is 0. The van der Waals surface area contributed by atoms with E-state index in [1.807, 2.05) is 48.5 Å². The van der Waals surface area contributed by atoms with Crippen LogP contribution >= 0.6 is 23.4 Å². The van der Waals surface area contributed by atoms with Crippen LogP contribution in [0, 0.1) is 0 Å². The van der Waals surface area contributed by atoms with Crippen molar-refractivity contribution in [2.24, 2.45) is 0 Å². The fourth-order valence-corrected chi connectivity index (χ4v) is 2.94. The smallest absolute Gasteiger partial charge is 0.261 e. The minimum absolute atomic E-state index is 0.476. The van der Waals surface area contributed by atoms with Gasteiger partial charge in [-0.1, -0.05) is 54.1 Å². The first-order valence-corrected chi connectivity index (χ1v) is 6.88. The molecule has 0 fully saturated rings. The molecule has 2 rings (SSSR count). The Bertz CT molecular complexity index is 562. The Morgan fingerprint density at radius 3 is 2.37 bits per heavy atom. The van der Waals surface area contributed by atoms with Crippen LogP contribution in [0.4, 0.5) is 0 Å². The molecule has 2 aromatic carbocycles. The van der Waals surface area contributed by atoms with Gasteiger partial charge in [-0.2, -0.15) is 0 Å². The molecule has 0 bridgehead atoms. The summed E-state index contributed by atoms with van der Waals surface area (Å²) in [4.78, 5) is 12.6. The average molecular weight is 294 g/mol. The number of halogens is 1. The fourth-order valence-electron chi connectivity index (χ4n) is 1.63. The second-order valence-corrected chi connectivity index (χ2v) is 5.37. The molecule has 0 heterocycles. The number of amides is 1. The largest absolute Gasteiger partial charge is 0.289 e. The number of hydroxylamine groups is 1. The Balaban J connectivity index is 2.30. The van der Waals surface area contributed by atoms with Crippen molar-refractivity contribution in [2.75, 3.05) is 0 Å². The highest BCUT2D eigenvalue weighted by Gasteiger charge is 2.22. The molecule has 19 heavy (non-hydrogen) atoms. The first-order valence-electron chi connectivity index (χ1n) is 5.62. The quantitative estimate of drug-likeness (QED) is 0.514. The lowest BCUT2D eigenvalue weighted by Gasteiger charge is -2.15. The Morgan fingerprint density at radius 2 is 1.74 bits per heavy atom. The minimum Gasteiger partial charge on any atom is -0.289 e. The van der Waals surface area contributed by atoms with Crippen molar-refractivity contribution >= 4 is 29.3 Å². The topological polar surface area (TPSA) is 49.3 Å². The second-order valence-electron chi connectivity index (χ2n) is 3.82. The SMILES string of the molecule is O=C(NO)C(Sc1ccccc1Cl)c1ccccc1. The van der Waals surface area contributed by atoms with E-state index in [2.05, 4.69) is 0 Å². The number of nitrogens with one attached hydrogen (secondary N) is 1. The summed E-state index contributed by atoms with van der Waals surface area (Å²) < 4.78 is 0. The van der Waals surface area contributed by atoms with Gasteiger partial charge in [-0.3, -0.25) is 10.0 Å². The van der Waals surface area contributed by atoms with Crippen molar-refractivity contribution in [3.63, 3.8) is 0 Å². The molecule has 0 aliphatic rings. The molecule has 2 aromatic rings. The number of hydrogen-bond donors (Lipinski definition) is 2. The number of benzene rings is 2. The molecular formula is C14H12ClNO2S. The Kier molecular flexibility index (Phi) is 4.85. The zero-order valence-corrected chi connectivity index (χ0v) is 11.5. The van der Waals surface area contributed by atoms with Crippen LogP contribution < -0.4 is 5.48 Å². The maximum Gasteiger partial charge on any atom is 0.261 e. The summed E-state index contributed by atoms with van der Waals surface area (Å²) in [5.41, 5.74) is 2.51. The van der Waals surface area contributed by atoms with Gasteiger partial charge in [-0.05, 0) is 17.7 Å². The summed E-state index contributed by atoms with van der Waals surface area (Å²) in [5, 5.41) is 8.90. The maximum absolute atomic E-state index is 11.8. The van der Waals surface area contributed by atoms with Gasteiger partial charge < -0.3 is 0 Å². The van der Waals surface area contributed by atoms with E-state index in [4.69, 9.17) is 16.8 Å². The molecule has 0 saturated carbocycles. The molecule has 0 spiro atoms. The Morgan fingerprint density at radius 1 is 1.11 bits per heavy atom. The zero-order valence-electron chi connectivity index (χ0n) is 9.92. The number of hydrogen-bond acceptors (Lipinski definition) is 3. The zero-order chi connectivity index (χ0) is 13.7. The van der Waals surface area contributed by atoms with E-state index in [9.17, 15) is 4.79 Å². The van der Waals surface area contributed by atoms with Crippen LogP contribution in [0.5, 0.6) is 0 Å². The van der Waals surface area contributed by atoms with Crippen molar-refractivity contribution in [3.05, 3.63) is 65.2 Å². The number of thioether (sulfide) groups is 1. The van der Waals surface area contributed by atoms with Gasteiger partial charge in [0.15, 0.2) is 0 Å². The van der Waals surface area contributed by atoms with Crippen LogP contribution in [0.1, 0.15) is 10.8 Å². The van der Waals surface area contributed by atoms with Crippen LogP contribution in [0.2, 0.25) is 5.02 Å². The van der Waals surface area contributed by atoms with Gasteiger partial charge in [0.05, 0.1) is 5.02 Å². The molecule has 3 nitrogen and oxygen atoms in total. The van der Waals surface area contributed by atoms with E-state index < -0.39 is 11.2 Å².